The number of hydrogen-bond donors (Lipinski definition) is 3. The molecule has 0 saturated carbocycles. The van der Waals surface area contributed by atoms with Crippen LogP contribution in [0.15, 0.2) is 0 Å². The normalized spacial score (nSPS) is 22.6. The van der Waals surface area contributed by atoms with E-state index in [1.54, 1.807) is 0 Å². The van der Waals surface area contributed by atoms with Crippen LogP contribution in [0.4, 0.5) is 0 Å². The van der Waals surface area contributed by atoms with Crippen molar-refractivity contribution >= 4 is 19.8 Å². The number of unbranched alkanes of at least 4 members (excludes halogenated alkanes) is 1. The molecule has 1 aliphatic heterocycles. The van der Waals surface area contributed by atoms with Crippen molar-refractivity contribution in [2.24, 2.45) is 11.7 Å². The smallest absolute Gasteiger partial charge is 0.323 e. The molecule has 2 atom stereocenters. The Hall–Kier alpha value is -1.08. The van der Waals surface area contributed by atoms with Gasteiger partial charge in [0.2, 0.25) is 0 Å². The monoisotopic (exact) mass is 298 g/mol. The molecular formula is C14H27BN2O4. The van der Waals surface area contributed by atoms with Crippen LogP contribution in [-0.4, -0.2) is 60.1 Å². The van der Waals surface area contributed by atoms with E-state index in [4.69, 9.17) is 10.8 Å². The Labute approximate surface area is 127 Å². The minimum atomic E-state index is -1.19. The van der Waals surface area contributed by atoms with E-state index in [1.165, 1.54) is 0 Å². The van der Waals surface area contributed by atoms with Crippen LogP contribution in [-0.2, 0) is 9.59 Å². The second kappa shape index (κ2) is 8.39. The maximum atomic E-state index is 11.4. The number of carboxylic acids is 2. The summed E-state index contributed by atoms with van der Waals surface area (Å²) >= 11 is 0. The number of carbonyl (C=O) groups is 2. The van der Waals surface area contributed by atoms with Gasteiger partial charge in [0.05, 0.1) is 5.92 Å². The highest BCUT2D eigenvalue weighted by atomic mass is 16.4. The third-order valence-electron chi connectivity index (χ3n) is 4.38. The highest BCUT2D eigenvalue weighted by molar-refractivity contribution is 6.08. The van der Waals surface area contributed by atoms with Gasteiger partial charge in [-0.1, -0.05) is 19.2 Å². The highest BCUT2D eigenvalue weighted by Crippen LogP contribution is 2.21. The molecule has 1 fully saturated rings. The number of carboxylic acid groups (broad SMARTS) is 2. The molecule has 0 aromatic carbocycles. The van der Waals surface area contributed by atoms with Gasteiger partial charge in [0, 0.05) is 13.1 Å². The molecule has 21 heavy (non-hydrogen) atoms. The molecule has 1 aliphatic rings. The van der Waals surface area contributed by atoms with E-state index in [0.717, 1.165) is 32.1 Å². The van der Waals surface area contributed by atoms with Gasteiger partial charge in [-0.3, -0.25) is 9.59 Å². The Bertz CT molecular complexity index is 367. The Balaban J connectivity index is 2.48. The maximum Gasteiger partial charge on any atom is 0.323 e. The van der Waals surface area contributed by atoms with Gasteiger partial charge >= 0.3 is 11.9 Å². The molecule has 0 bridgehead atoms. The molecule has 1 heterocycles. The van der Waals surface area contributed by atoms with Crippen molar-refractivity contribution in [1.82, 2.24) is 4.90 Å². The number of rotatable bonds is 9. The van der Waals surface area contributed by atoms with Gasteiger partial charge in [0.25, 0.3) is 0 Å². The average molecular weight is 298 g/mol. The third kappa shape index (κ3) is 5.67. The summed E-state index contributed by atoms with van der Waals surface area (Å²) in [7, 11) is 2.07. The van der Waals surface area contributed by atoms with E-state index in [0.29, 0.717) is 32.4 Å². The van der Waals surface area contributed by atoms with Gasteiger partial charge in [-0.2, -0.15) is 0 Å². The van der Waals surface area contributed by atoms with Gasteiger partial charge in [-0.05, 0) is 32.2 Å². The van der Waals surface area contributed by atoms with Crippen molar-refractivity contribution in [3.63, 3.8) is 0 Å². The van der Waals surface area contributed by atoms with Crippen molar-refractivity contribution in [2.75, 3.05) is 19.6 Å². The molecule has 0 amide bonds. The van der Waals surface area contributed by atoms with E-state index in [-0.39, 0.29) is 5.92 Å². The Morgan fingerprint density at radius 1 is 1.29 bits per heavy atom. The lowest BCUT2D eigenvalue weighted by Gasteiger charge is -2.33. The zero-order valence-corrected chi connectivity index (χ0v) is 12.9. The third-order valence-corrected chi connectivity index (χ3v) is 4.38. The van der Waals surface area contributed by atoms with Gasteiger partial charge in [-0.15, -0.1) is 0 Å². The fourth-order valence-corrected chi connectivity index (χ4v) is 2.85. The van der Waals surface area contributed by atoms with E-state index in [1.807, 2.05) is 4.90 Å². The van der Waals surface area contributed by atoms with Crippen molar-refractivity contribution in [3.05, 3.63) is 0 Å². The largest absolute Gasteiger partial charge is 0.481 e. The van der Waals surface area contributed by atoms with Gasteiger partial charge in [-0.25, -0.2) is 0 Å². The summed E-state index contributed by atoms with van der Waals surface area (Å²) in [6.45, 7) is 1.88. The molecule has 1 unspecified atom stereocenters. The van der Waals surface area contributed by atoms with Gasteiger partial charge < -0.3 is 20.8 Å². The summed E-state index contributed by atoms with van der Waals surface area (Å²) in [5.41, 5.74) is 4.86. The van der Waals surface area contributed by atoms with Crippen LogP contribution in [0.2, 0.25) is 6.32 Å². The first kappa shape index (κ1) is 18.0. The number of hydrogen-bond acceptors (Lipinski definition) is 4. The molecule has 120 valence electrons. The van der Waals surface area contributed by atoms with E-state index >= 15 is 0 Å². The summed E-state index contributed by atoms with van der Waals surface area (Å²) in [6.07, 6.45) is 5.23. The summed E-state index contributed by atoms with van der Waals surface area (Å²) in [4.78, 5) is 24.5. The summed E-state index contributed by atoms with van der Waals surface area (Å²) in [6, 6.07) is 0. The molecule has 0 aromatic rings. The lowest BCUT2D eigenvalue weighted by atomic mass is 9.87. The molecule has 1 rings (SSSR count). The lowest BCUT2D eigenvalue weighted by molar-refractivity contribution is -0.146. The fourth-order valence-electron chi connectivity index (χ4n) is 2.85. The minimum absolute atomic E-state index is 0.337. The second-order valence-electron chi connectivity index (χ2n) is 6.15. The second-order valence-corrected chi connectivity index (χ2v) is 6.15. The standard InChI is InChI=1S/C14H27BN2O4/c15-7-2-1-5-14(16,13(20)21)6-9-17-8-3-4-11(10-17)12(18)19/h11H,1-10,15-16H2,(H,18,19)(H,20,21)/t11-,14?/m1/s1. The lowest BCUT2D eigenvalue weighted by Crippen LogP contribution is -2.51. The number of nitrogens with zero attached hydrogens (tertiary/aromatic N) is 1. The number of nitrogens with two attached hydrogens (primary N) is 1. The van der Waals surface area contributed by atoms with Crippen LogP contribution in [0.1, 0.15) is 38.5 Å². The van der Waals surface area contributed by atoms with E-state index < -0.39 is 17.5 Å². The average Bonchev–Trinajstić information content (AvgIpc) is 2.45. The van der Waals surface area contributed by atoms with Crippen molar-refractivity contribution in [1.29, 1.82) is 0 Å². The van der Waals surface area contributed by atoms with Crippen molar-refractivity contribution in [3.8, 4) is 0 Å². The van der Waals surface area contributed by atoms with Crippen molar-refractivity contribution < 1.29 is 19.8 Å². The fraction of sp³-hybridized carbons (Fsp3) is 0.857. The molecule has 1 saturated heterocycles. The van der Waals surface area contributed by atoms with Crippen LogP contribution in [0.3, 0.4) is 0 Å². The maximum absolute atomic E-state index is 11.4. The van der Waals surface area contributed by atoms with Gasteiger partial charge in [0.1, 0.15) is 13.4 Å². The first-order valence-corrected chi connectivity index (χ1v) is 7.86. The Morgan fingerprint density at radius 3 is 2.57 bits per heavy atom. The topological polar surface area (TPSA) is 104 Å². The van der Waals surface area contributed by atoms with Crippen LogP contribution in [0.25, 0.3) is 0 Å². The van der Waals surface area contributed by atoms with Crippen LogP contribution < -0.4 is 5.73 Å². The SMILES string of the molecule is BCCCCC(N)(CCN1CCC[C@@H](C(=O)O)C1)C(=O)O. The Morgan fingerprint density at radius 2 is 2.00 bits per heavy atom. The molecule has 0 radical (unpaired) electrons. The quantitative estimate of drug-likeness (QED) is 0.414. The number of aliphatic carboxylic acids is 2. The first-order chi connectivity index (χ1) is 9.89. The molecular weight excluding hydrogens is 271 g/mol. The highest BCUT2D eigenvalue weighted by Gasteiger charge is 2.34. The molecule has 7 heteroatoms. The minimum Gasteiger partial charge on any atom is -0.481 e. The zero-order valence-electron chi connectivity index (χ0n) is 12.9. The first-order valence-electron chi connectivity index (χ1n) is 7.86. The van der Waals surface area contributed by atoms with Crippen LogP contribution in [0, 0.1) is 5.92 Å². The molecule has 0 aromatic heterocycles. The van der Waals surface area contributed by atoms with Gasteiger partial charge in [0.15, 0.2) is 0 Å². The predicted molar refractivity (Wildman–Crippen MR) is 83.2 cm³/mol. The van der Waals surface area contributed by atoms with Crippen LogP contribution >= 0.6 is 0 Å². The summed E-state index contributed by atoms with van der Waals surface area (Å²) in [5.74, 6) is -2.05. The van der Waals surface area contributed by atoms with E-state index in [9.17, 15) is 14.7 Å². The molecule has 0 aliphatic carbocycles. The number of likely N-dealkylation sites (tertiary alicyclic amines) is 1. The molecule has 6 nitrogen and oxygen atoms in total. The van der Waals surface area contributed by atoms with E-state index in [2.05, 4.69) is 7.85 Å². The number of piperidine rings is 1. The molecule has 0 spiro atoms. The summed E-state index contributed by atoms with van der Waals surface area (Å²) in [5, 5.41) is 18.4. The predicted octanol–water partition coefficient (Wildman–Crippen LogP) is 0.177. The zero-order chi connectivity index (χ0) is 15.9. The van der Waals surface area contributed by atoms with Crippen LogP contribution in [0.5, 0.6) is 0 Å². The Kier molecular flexibility index (Phi) is 7.18. The molecule has 4 N–H and O–H groups in total. The summed E-state index contributed by atoms with van der Waals surface area (Å²) < 4.78 is 0. The van der Waals surface area contributed by atoms with Crippen molar-refractivity contribution in [2.45, 2.75) is 50.4 Å².